The SMILES string of the molecule is C/C=C\C=C/C.C=C/C=C\C.Cn1c(-c2ccccc2)nc2cc(-c3cc4c5ccccc5ccc4c4ccccc34)ccc21. The van der Waals surface area contributed by atoms with Gasteiger partial charge in [-0.15, -0.1) is 0 Å². The molecule has 0 saturated heterocycles. The molecule has 1 aromatic heterocycles. The molecule has 0 N–H and O–H groups in total. The fraction of sp³-hybridized carbons (Fsp3) is 0.0930. The van der Waals surface area contributed by atoms with Gasteiger partial charge in [0.1, 0.15) is 5.82 Å². The minimum absolute atomic E-state index is 0.988. The van der Waals surface area contributed by atoms with Crippen LogP contribution in [0.4, 0.5) is 0 Å². The average Bonchev–Trinajstić information content (AvgIpc) is 3.43. The van der Waals surface area contributed by atoms with Gasteiger partial charge in [-0.3, -0.25) is 0 Å². The lowest BCUT2D eigenvalue weighted by atomic mass is 9.91. The quantitative estimate of drug-likeness (QED) is 0.149. The van der Waals surface area contributed by atoms with Crippen molar-refractivity contribution in [2.24, 2.45) is 7.05 Å². The van der Waals surface area contributed by atoms with Crippen molar-refractivity contribution in [1.29, 1.82) is 0 Å². The highest BCUT2D eigenvalue weighted by Gasteiger charge is 2.14. The minimum Gasteiger partial charge on any atom is -0.327 e. The van der Waals surface area contributed by atoms with Crippen LogP contribution in [0.5, 0.6) is 0 Å². The first-order valence-electron chi connectivity index (χ1n) is 15.4. The largest absolute Gasteiger partial charge is 0.327 e. The third-order valence-electron chi connectivity index (χ3n) is 7.82. The molecule has 0 fully saturated rings. The van der Waals surface area contributed by atoms with E-state index in [0.29, 0.717) is 0 Å². The van der Waals surface area contributed by atoms with E-state index in [4.69, 9.17) is 4.98 Å². The number of rotatable bonds is 4. The number of imidazole rings is 1. The van der Waals surface area contributed by atoms with Crippen LogP contribution < -0.4 is 0 Å². The van der Waals surface area contributed by atoms with Crippen molar-refractivity contribution in [3.05, 3.63) is 164 Å². The number of fused-ring (bicyclic) bond motifs is 6. The van der Waals surface area contributed by atoms with Gasteiger partial charge in [-0.25, -0.2) is 4.98 Å². The standard InChI is InChI=1S/C32H22N2.C6H10.C5H8/c1-34-31-18-16-23(19-30(31)33-32(34)22-10-3-2-4-11-22)28-20-29-24-12-6-5-9-21(24)15-17-27(29)25-13-7-8-14-26(25)28;1-3-5-6-4-2;1-3-5-4-2/h2-20H,1H3;3-6H,1-2H3;3-5H,1H2,2H3/b;5-3-,6-4-;5-4-. The van der Waals surface area contributed by atoms with Crippen molar-refractivity contribution in [1.82, 2.24) is 9.55 Å². The van der Waals surface area contributed by atoms with E-state index in [1.807, 2.05) is 63.3 Å². The second-order valence-corrected chi connectivity index (χ2v) is 10.7. The summed E-state index contributed by atoms with van der Waals surface area (Å²) in [5, 5.41) is 7.69. The predicted molar refractivity (Wildman–Crippen MR) is 199 cm³/mol. The van der Waals surface area contributed by atoms with Crippen LogP contribution in [0.25, 0.3) is 65.9 Å². The summed E-state index contributed by atoms with van der Waals surface area (Å²) in [5.41, 5.74) is 5.72. The maximum Gasteiger partial charge on any atom is 0.140 e. The van der Waals surface area contributed by atoms with Crippen LogP contribution in [-0.4, -0.2) is 9.55 Å². The van der Waals surface area contributed by atoms with Crippen LogP contribution in [0.2, 0.25) is 0 Å². The van der Waals surface area contributed by atoms with Crippen LogP contribution in [-0.2, 0) is 7.05 Å². The zero-order chi connectivity index (χ0) is 31.6. The number of aryl methyl sites for hydroxylation is 1. The third kappa shape index (κ3) is 6.71. The van der Waals surface area contributed by atoms with Gasteiger partial charge in [0.05, 0.1) is 11.0 Å². The Morgan fingerprint density at radius 2 is 1.18 bits per heavy atom. The predicted octanol–water partition coefficient (Wildman–Crippen LogP) is 12.3. The Morgan fingerprint density at radius 3 is 1.84 bits per heavy atom. The maximum absolute atomic E-state index is 5.02. The molecule has 0 spiro atoms. The van der Waals surface area contributed by atoms with Gasteiger partial charge in [0.15, 0.2) is 0 Å². The monoisotopic (exact) mass is 584 g/mol. The summed E-state index contributed by atoms with van der Waals surface area (Å²) in [7, 11) is 2.09. The smallest absolute Gasteiger partial charge is 0.140 e. The van der Waals surface area contributed by atoms with Crippen LogP contribution >= 0.6 is 0 Å². The van der Waals surface area contributed by atoms with E-state index in [1.54, 1.807) is 6.08 Å². The molecular weight excluding hydrogens is 544 g/mol. The Hall–Kier alpha value is -5.47. The molecule has 0 unspecified atom stereocenters. The molecule has 6 aromatic carbocycles. The Morgan fingerprint density at radius 1 is 0.556 bits per heavy atom. The summed E-state index contributed by atoms with van der Waals surface area (Å²) < 4.78 is 2.18. The first-order valence-corrected chi connectivity index (χ1v) is 15.4. The number of allylic oxidation sites excluding steroid dienone is 7. The molecule has 0 radical (unpaired) electrons. The average molecular weight is 585 g/mol. The Balaban J connectivity index is 0.000000316. The lowest BCUT2D eigenvalue weighted by molar-refractivity contribution is 0.959. The highest BCUT2D eigenvalue weighted by atomic mass is 15.1. The van der Waals surface area contributed by atoms with Crippen molar-refractivity contribution < 1.29 is 0 Å². The molecule has 0 aliphatic rings. The van der Waals surface area contributed by atoms with Crippen molar-refractivity contribution in [2.75, 3.05) is 0 Å². The molecule has 7 rings (SSSR count). The normalized spacial score (nSPS) is 11.4. The summed E-state index contributed by atoms with van der Waals surface area (Å²) in [6, 6.07) is 41.3. The Labute approximate surface area is 267 Å². The van der Waals surface area contributed by atoms with Gasteiger partial charge in [-0.2, -0.15) is 0 Å². The molecule has 0 atom stereocenters. The molecule has 2 nitrogen and oxygen atoms in total. The second kappa shape index (κ2) is 14.8. The molecule has 1 heterocycles. The second-order valence-electron chi connectivity index (χ2n) is 10.7. The maximum atomic E-state index is 5.02. The summed E-state index contributed by atoms with van der Waals surface area (Å²) in [5.74, 6) is 0.988. The van der Waals surface area contributed by atoms with E-state index in [9.17, 15) is 0 Å². The highest BCUT2D eigenvalue weighted by Crippen LogP contribution is 2.39. The number of nitrogens with zero attached hydrogens (tertiary/aromatic N) is 2. The molecule has 0 aliphatic heterocycles. The lowest BCUT2D eigenvalue weighted by Gasteiger charge is -2.13. The van der Waals surface area contributed by atoms with Gasteiger partial charge in [0.25, 0.3) is 0 Å². The van der Waals surface area contributed by atoms with Gasteiger partial charge in [0, 0.05) is 12.6 Å². The molecule has 222 valence electrons. The zero-order valence-corrected chi connectivity index (χ0v) is 26.6. The van der Waals surface area contributed by atoms with Crippen LogP contribution in [0, 0.1) is 0 Å². The summed E-state index contributed by atoms with van der Waals surface area (Å²) in [4.78, 5) is 5.02. The van der Waals surface area contributed by atoms with Crippen molar-refractivity contribution >= 4 is 43.4 Å². The van der Waals surface area contributed by atoms with Crippen LogP contribution in [0.15, 0.2) is 164 Å². The highest BCUT2D eigenvalue weighted by molar-refractivity contribution is 6.21. The third-order valence-corrected chi connectivity index (χ3v) is 7.82. The first kappa shape index (κ1) is 31.0. The van der Waals surface area contributed by atoms with Crippen molar-refractivity contribution in [3.8, 4) is 22.5 Å². The van der Waals surface area contributed by atoms with Gasteiger partial charge in [-0.1, -0.05) is 146 Å². The van der Waals surface area contributed by atoms with Crippen molar-refractivity contribution in [2.45, 2.75) is 20.8 Å². The van der Waals surface area contributed by atoms with E-state index in [1.165, 1.54) is 43.4 Å². The Bertz CT molecular complexity index is 2150. The van der Waals surface area contributed by atoms with Crippen LogP contribution in [0.1, 0.15) is 20.8 Å². The molecule has 0 aliphatic carbocycles. The molecule has 0 amide bonds. The molecule has 7 aromatic rings. The summed E-state index contributed by atoms with van der Waals surface area (Å²) in [6.07, 6.45) is 13.6. The van der Waals surface area contributed by atoms with Gasteiger partial charge in [0.2, 0.25) is 0 Å². The summed E-state index contributed by atoms with van der Waals surface area (Å²) >= 11 is 0. The first-order chi connectivity index (χ1) is 22.1. The van der Waals surface area contributed by atoms with Crippen molar-refractivity contribution in [3.63, 3.8) is 0 Å². The number of hydrogen-bond acceptors (Lipinski definition) is 1. The van der Waals surface area contributed by atoms with E-state index >= 15 is 0 Å². The fourth-order valence-corrected chi connectivity index (χ4v) is 5.67. The minimum atomic E-state index is 0.988. The summed E-state index contributed by atoms with van der Waals surface area (Å²) in [6.45, 7) is 9.42. The molecule has 0 bridgehead atoms. The van der Waals surface area contributed by atoms with E-state index in [0.717, 1.165) is 22.4 Å². The molecule has 45 heavy (non-hydrogen) atoms. The number of benzene rings is 6. The van der Waals surface area contributed by atoms with E-state index < -0.39 is 0 Å². The van der Waals surface area contributed by atoms with Crippen LogP contribution in [0.3, 0.4) is 0 Å². The van der Waals surface area contributed by atoms with Gasteiger partial charge < -0.3 is 4.57 Å². The van der Waals surface area contributed by atoms with E-state index in [2.05, 4.69) is 127 Å². The van der Waals surface area contributed by atoms with E-state index in [-0.39, 0.29) is 0 Å². The molecule has 0 saturated carbocycles. The number of aromatic nitrogens is 2. The number of hydrogen-bond donors (Lipinski definition) is 0. The zero-order valence-electron chi connectivity index (χ0n) is 26.6. The van der Waals surface area contributed by atoms with Gasteiger partial charge >= 0.3 is 0 Å². The molecule has 2 heteroatoms. The van der Waals surface area contributed by atoms with Gasteiger partial charge in [-0.05, 0) is 82.4 Å². The molecular formula is C43H40N2. The Kier molecular flexibility index (Phi) is 10.2. The topological polar surface area (TPSA) is 17.8 Å². The lowest BCUT2D eigenvalue weighted by Crippen LogP contribution is -1.91. The fourth-order valence-electron chi connectivity index (χ4n) is 5.67.